The number of ether oxygens (including phenoxy) is 1. The van der Waals surface area contributed by atoms with Crippen LogP contribution < -0.4 is 9.75 Å². The minimum Gasteiger partial charge on any atom is -0.494 e. The minimum atomic E-state index is -0.166. The highest BCUT2D eigenvalue weighted by molar-refractivity contribution is 7.14. The third-order valence-electron chi connectivity index (χ3n) is 4.31. The number of nitrogens with zero attached hydrogens (tertiary/aromatic N) is 3. The Balaban J connectivity index is 1.57. The molecule has 2 aromatic carbocycles. The summed E-state index contributed by atoms with van der Waals surface area (Å²) in [5, 5.41) is 8.32. The Morgan fingerprint density at radius 1 is 1.11 bits per heavy atom. The van der Waals surface area contributed by atoms with E-state index in [9.17, 15) is 4.79 Å². The third-order valence-corrected chi connectivity index (χ3v) is 5.12. The van der Waals surface area contributed by atoms with Gasteiger partial charge in [-0.15, -0.1) is 11.3 Å². The Morgan fingerprint density at radius 3 is 2.57 bits per heavy atom. The average Bonchev–Trinajstić information content (AvgIpc) is 3.31. The Bertz CT molecular complexity index is 1050. The van der Waals surface area contributed by atoms with E-state index < -0.39 is 0 Å². The fourth-order valence-corrected chi connectivity index (χ4v) is 3.69. The van der Waals surface area contributed by atoms with E-state index in [1.807, 2.05) is 79.9 Å². The van der Waals surface area contributed by atoms with E-state index in [2.05, 4.69) is 10.1 Å². The molecule has 28 heavy (non-hydrogen) atoms. The first-order valence-electron chi connectivity index (χ1n) is 9.01. The van der Waals surface area contributed by atoms with Crippen LogP contribution in [0.1, 0.15) is 19.4 Å². The lowest BCUT2D eigenvalue weighted by Crippen LogP contribution is -2.21. The second-order valence-corrected chi connectivity index (χ2v) is 7.08. The van der Waals surface area contributed by atoms with Crippen molar-refractivity contribution in [3.63, 3.8) is 0 Å². The zero-order valence-corrected chi connectivity index (χ0v) is 16.4. The van der Waals surface area contributed by atoms with E-state index in [1.54, 1.807) is 0 Å². The number of thiazole rings is 1. The van der Waals surface area contributed by atoms with Crippen molar-refractivity contribution in [2.75, 3.05) is 11.6 Å². The lowest BCUT2D eigenvalue weighted by atomic mass is 10.1. The van der Waals surface area contributed by atoms with Crippen molar-refractivity contribution in [2.45, 2.75) is 13.8 Å². The number of amides is 1. The van der Waals surface area contributed by atoms with Gasteiger partial charge in [-0.25, -0.2) is 4.98 Å². The van der Waals surface area contributed by atoms with Crippen LogP contribution in [0.4, 0.5) is 5.13 Å². The van der Waals surface area contributed by atoms with Crippen LogP contribution in [-0.2, 0) is 4.79 Å². The summed E-state index contributed by atoms with van der Waals surface area (Å²) in [6.07, 6.45) is 1.85. The quantitative estimate of drug-likeness (QED) is 0.576. The molecule has 0 radical (unpaired) electrons. The van der Waals surface area contributed by atoms with Gasteiger partial charge in [0.1, 0.15) is 5.75 Å². The van der Waals surface area contributed by atoms with Crippen LogP contribution in [0.25, 0.3) is 17.3 Å². The summed E-state index contributed by atoms with van der Waals surface area (Å²) in [5.41, 5.74) is 4.02. The molecule has 0 fully saturated rings. The van der Waals surface area contributed by atoms with Crippen molar-refractivity contribution in [2.24, 2.45) is 5.10 Å². The van der Waals surface area contributed by atoms with Crippen molar-refractivity contribution in [1.82, 2.24) is 4.98 Å². The topological polar surface area (TPSA) is 54.8 Å². The molecule has 0 saturated carbocycles. The molecule has 0 bridgehead atoms. The second-order valence-electron chi connectivity index (χ2n) is 6.24. The van der Waals surface area contributed by atoms with Crippen LogP contribution in [0.5, 0.6) is 5.75 Å². The molecule has 0 atom stereocenters. The van der Waals surface area contributed by atoms with Gasteiger partial charge in [-0.1, -0.05) is 42.5 Å². The van der Waals surface area contributed by atoms with E-state index in [1.165, 1.54) is 16.3 Å². The minimum absolute atomic E-state index is 0.166. The first-order chi connectivity index (χ1) is 13.7. The molecule has 6 heteroatoms. The van der Waals surface area contributed by atoms with Gasteiger partial charge in [0.05, 0.1) is 23.6 Å². The van der Waals surface area contributed by atoms with Gasteiger partial charge < -0.3 is 4.74 Å². The first-order valence-corrected chi connectivity index (χ1v) is 9.89. The summed E-state index contributed by atoms with van der Waals surface area (Å²) in [6, 6.07) is 17.5. The predicted molar refractivity (Wildman–Crippen MR) is 114 cm³/mol. The highest BCUT2D eigenvalue weighted by atomic mass is 32.1. The average molecular weight is 389 g/mol. The van der Waals surface area contributed by atoms with E-state index in [0.717, 1.165) is 22.6 Å². The highest BCUT2D eigenvalue weighted by Gasteiger charge is 2.30. The largest absolute Gasteiger partial charge is 0.494 e. The van der Waals surface area contributed by atoms with E-state index >= 15 is 0 Å². The monoisotopic (exact) mass is 389 g/mol. The van der Waals surface area contributed by atoms with Crippen molar-refractivity contribution < 1.29 is 9.53 Å². The summed E-state index contributed by atoms with van der Waals surface area (Å²) in [4.78, 5) is 17.5. The Kier molecular flexibility index (Phi) is 5.04. The van der Waals surface area contributed by atoms with Crippen LogP contribution in [-0.4, -0.2) is 23.2 Å². The maximum atomic E-state index is 12.9. The molecule has 4 rings (SSSR count). The molecule has 1 aromatic heterocycles. The smallest absolute Gasteiger partial charge is 0.282 e. The first kappa shape index (κ1) is 18.1. The van der Waals surface area contributed by atoms with E-state index in [4.69, 9.17) is 4.74 Å². The molecule has 1 aliphatic rings. The number of hydrogen-bond donors (Lipinski definition) is 0. The molecule has 3 aromatic rings. The summed E-state index contributed by atoms with van der Waals surface area (Å²) in [6.45, 7) is 4.41. The van der Waals surface area contributed by atoms with Gasteiger partial charge in [0.25, 0.3) is 5.91 Å². The number of carbonyl (C=O) groups is 1. The molecule has 0 unspecified atom stereocenters. The lowest BCUT2D eigenvalue weighted by Gasteiger charge is -2.07. The summed E-state index contributed by atoms with van der Waals surface area (Å²) in [5.74, 6) is 0.644. The van der Waals surface area contributed by atoms with Gasteiger partial charge in [-0.2, -0.15) is 10.1 Å². The number of hydrogen-bond acceptors (Lipinski definition) is 5. The van der Waals surface area contributed by atoms with Crippen LogP contribution in [0.15, 0.2) is 70.7 Å². The number of anilines is 1. The van der Waals surface area contributed by atoms with Gasteiger partial charge in [0, 0.05) is 10.9 Å². The van der Waals surface area contributed by atoms with Crippen molar-refractivity contribution in [3.05, 3.63) is 71.1 Å². The highest BCUT2D eigenvalue weighted by Crippen LogP contribution is 2.31. The molecule has 0 spiro atoms. The summed E-state index contributed by atoms with van der Waals surface area (Å²) < 4.78 is 5.46. The normalized spacial score (nSPS) is 15.2. The van der Waals surface area contributed by atoms with Crippen molar-refractivity contribution in [1.29, 1.82) is 0 Å². The van der Waals surface area contributed by atoms with Crippen LogP contribution in [0.2, 0.25) is 0 Å². The number of rotatable bonds is 5. The predicted octanol–water partition coefficient (Wildman–Crippen LogP) is 5.01. The molecule has 2 heterocycles. The molecule has 0 N–H and O–H groups in total. The zero-order chi connectivity index (χ0) is 19.5. The number of hydrazone groups is 1. The maximum Gasteiger partial charge on any atom is 0.282 e. The maximum absolute atomic E-state index is 12.9. The number of benzene rings is 2. The van der Waals surface area contributed by atoms with Crippen LogP contribution >= 0.6 is 11.3 Å². The molecule has 140 valence electrons. The van der Waals surface area contributed by atoms with Gasteiger partial charge in [0.15, 0.2) is 0 Å². The second kappa shape index (κ2) is 7.78. The molecule has 1 aliphatic heterocycles. The van der Waals surface area contributed by atoms with E-state index in [0.29, 0.717) is 23.0 Å². The molecule has 5 nitrogen and oxygen atoms in total. The molecule has 0 aliphatic carbocycles. The standard InChI is InChI=1S/C22H19N3O2S/c1-3-27-18-11-9-16(10-12-18)13-19-15(2)24-25(21(19)26)22-23-20(14-28-22)17-7-5-4-6-8-17/h4-14H,3H2,1-2H3. The Hall–Kier alpha value is -3.25. The van der Waals surface area contributed by atoms with Gasteiger partial charge in [0.2, 0.25) is 5.13 Å². The van der Waals surface area contributed by atoms with Crippen LogP contribution in [0.3, 0.4) is 0 Å². The van der Waals surface area contributed by atoms with Crippen molar-refractivity contribution in [3.8, 4) is 17.0 Å². The third kappa shape index (κ3) is 3.59. The Morgan fingerprint density at radius 2 is 1.86 bits per heavy atom. The van der Waals surface area contributed by atoms with Gasteiger partial charge in [-0.05, 0) is 37.6 Å². The fourth-order valence-electron chi connectivity index (χ4n) is 2.91. The summed E-state index contributed by atoms with van der Waals surface area (Å²) in [7, 11) is 0. The van der Waals surface area contributed by atoms with Crippen molar-refractivity contribution >= 4 is 34.2 Å². The Labute approximate surface area is 167 Å². The fraction of sp³-hybridized carbons (Fsp3) is 0.136. The molecular weight excluding hydrogens is 370 g/mol. The zero-order valence-electron chi connectivity index (χ0n) is 15.6. The van der Waals surface area contributed by atoms with Gasteiger partial charge in [-0.3, -0.25) is 4.79 Å². The van der Waals surface area contributed by atoms with Crippen LogP contribution in [0, 0.1) is 0 Å². The molecule has 0 saturated heterocycles. The summed E-state index contributed by atoms with van der Waals surface area (Å²) >= 11 is 1.41. The van der Waals surface area contributed by atoms with Gasteiger partial charge >= 0.3 is 0 Å². The molecule has 1 amide bonds. The number of aromatic nitrogens is 1. The lowest BCUT2D eigenvalue weighted by molar-refractivity contribution is -0.114. The number of carbonyl (C=O) groups excluding carboxylic acids is 1. The SMILES string of the molecule is CCOc1ccc(C=C2C(=O)N(c3nc(-c4ccccc4)cs3)N=C2C)cc1. The van der Waals surface area contributed by atoms with E-state index in [-0.39, 0.29) is 5.91 Å². The molecular formula is C22H19N3O2S.